The highest BCUT2D eigenvalue weighted by molar-refractivity contribution is 5.48. The quantitative estimate of drug-likeness (QED) is 0.416. The zero-order valence-corrected chi connectivity index (χ0v) is 20.8. The van der Waals surface area contributed by atoms with E-state index in [9.17, 15) is 10.2 Å². The molecule has 32 heavy (non-hydrogen) atoms. The lowest BCUT2D eigenvalue weighted by atomic mass is 9.74. The second-order valence-corrected chi connectivity index (χ2v) is 10.7. The Labute approximate surface area is 194 Å². The van der Waals surface area contributed by atoms with Crippen molar-refractivity contribution in [2.24, 2.45) is 0 Å². The maximum Gasteiger partial charge on any atom is 0.119 e. The molecule has 0 aliphatic rings. The maximum atomic E-state index is 10.2. The SMILES string of the molecule is CC(C)c1cc(C(C)(C)c2ccc(C(C)(C)c3ccc(O)c(C(C)C)c3)cc2)ccc1O. The van der Waals surface area contributed by atoms with Crippen LogP contribution in [0.4, 0.5) is 0 Å². The number of aromatic hydroxyl groups is 2. The van der Waals surface area contributed by atoms with Crippen molar-refractivity contribution >= 4 is 0 Å². The Kier molecular flexibility index (Phi) is 6.47. The first kappa shape index (κ1) is 23.9. The Morgan fingerprint density at radius 3 is 1.06 bits per heavy atom. The number of rotatable bonds is 6. The second-order valence-electron chi connectivity index (χ2n) is 10.7. The lowest BCUT2D eigenvalue weighted by molar-refractivity contribution is 0.463. The Hall–Kier alpha value is -2.74. The van der Waals surface area contributed by atoms with Gasteiger partial charge in [0.15, 0.2) is 0 Å². The summed E-state index contributed by atoms with van der Waals surface area (Å²) in [5, 5.41) is 20.5. The molecule has 2 nitrogen and oxygen atoms in total. The van der Waals surface area contributed by atoms with E-state index in [1.54, 1.807) is 0 Å². The predicted molar refractivity (Wildman–Crippen MR) is 135 cm³/mol. The van der Waals surface area contributed by atoms with Gasteiger partial charge in [0.25, 0.3) is 0 Å². The largest absolute Gasteiger partial charge is 0.508 e. The first-order valence-corrected chi connectivity index (χ1v) is 11.6. The van der Waals surface area contributed by atoms with Crippen LogP contribution in [-0.2, 0) is 10.8 Å². The van der Waals surface area contributed by atoms with Gasteiger partial charge in [0.05, 0.1) is 0 Å². The molecule has 3 aromatic rings. The van der Waals surface area contributed by atoms with Gasteiger partial charge in [0, 0.05) is 10.8 Å². The Bertz CT molecular complexity index is 998. The van der Waals surface area contributed by atoms with Crippen LogP contribution in [0.1, 0.15) is 101 Å². The monoisotopic (exact) mass is 430 g/mol. The van der Waals surface area contributed by atoms with Crippen LogP contribution >= 0.6 is 0 Å². The fraction of sp³-hybridized carbons (Fsp3) is 0.400. The molecule has 0 aliphatic heterocycles. The molecule has 3 rings (SSSR count). The number of benzene rings is 3. The van der Waals surface area contributed by atoms with Crippen LogP contribution in [0.5, 0.6) is 11.5 Å². The molecule has 3 aromatic carbocycles. The number of phenolic OH excluding ortho intramolecular Hbond substituents is 2. The summed E-state index contributed by atoms with van der Waals surface area (Å²) in [6, 6.07) is 20.9. The Balaban J connectivity index is 1.96. The minimum Gasteiger partial charge on any atom is -0.508 e. The van der Waals surface area contributed by atoms with Crippen LogP contribution in [0.3, 0.4) is 0 Å². The van der Waals surface area contributed by atoms with Gasteiger partial charge < -0.3 is 10.2 Å². The van der Waals surface area contributed by atoms with Crippen LogP contribution in [0.2, 0.25) is 0 Å². The van der Waals surface area contributed by atoms with Crippen LogP contribution < -0.4 is 0 Å². The first-order chi connectivity index (χ1) is 14.9. The number of hydrogen-bond acceptors (Lipinski definition) is 2. The molecule has 0 heterocycles. The smallest absolute Gasteiger partial charge is 0.119 e. The molecule has 0 saturated carbocycles. The van der Waals surface area contributed by atoms with Gasteiger partial charge >= 0.3 is 0 Å². The van der Waals surface area contributed by atoms with Crippen molar-refractivity contribution in [2.75, 3.05) is 0 Å². The highest BCUT2D eigenvalue weighted by atomic mass is 16.3. The predicted octanol–water partition coefficient (Wildman–Crippen LogP) is 8.00. The van der Waals surface area contributed by atoms with Gasteiger partial charge in [-0.05, 0) is 57.3 Å². The molecular formula is C30H38O2. The average molecular weight is 431 g/mol. The average Bonchev–Trinajstić information content (AvgIpc) is 2.73. The van der Waals surface area contributed by atoms with E-state index in [1.807, 2.05) is 24.3 Å². The van der Waals surface area contributed by atoms with Crippen molar-refractivity contribution in [1.29, 1.82) is 0 Å². The maximum absolute atomic E-state index is 10.2. The van der Waals surface area contributed by atoms with E-state index in [-0.39, 0.29) is 22.7 Å². The van der Waals surface area contributed by atoms with Gasteiger partial charge in [-0.3, -0.25) is 0 Å². The summed E-state index contributed by atoms with van der Waals surface area (Å²) >= 11 is 0. The fourth-order valence-electron chi connectivity index (χ4n) is 4.45. The highest BCUT2D eigenvalue weighted by Gasteiger charge is 2.28. The van der Waals surface area contributed by atoms with Crippen LogP contribution in [0.25, 0.3) is 0 Å². The third kappa shape index (κ3) is 4.41. The first-order valence-electron chi connectivity index (χ1n) is 11.6. The van der Waals surface area contributed by atoms with Crippen LogP contribution in [0.15, 0.2) is 60.7 Å². The lowest BCUT2D eigenvalue weighted by Crippen LogP contribution is -2.22. The zero-order chi connectivity index (χ0) is 23.8. The van der Waals surface area contributed by atoms with Crippen molar-refractivity contribution in [1.82, 2.24) is 0 Å². The molecule has 170 valence electrons. The highest BCUT2D eigenvalue weighted by Crippen LogP contribution is 2.39. The summed E-state index contributed by atoms with van der Waals surface area (Å²) in [4.78, 5) is 0. The molecular weight excluding hydrogens is 392 g/mol. The molecule has 0 atom stereocenters. The molecule has 0 spiro atoms. The standard InChI is InChI=1S/C30H38O2/c1-19(2)25-17-23(13-15-27(25)31)29(5,6)21-9-11-22(12-10-21)30(7,8)24-14-16-28(32)26(18-24)20(3)4/h9-20,31-32H,1-8H3. The summed E-state index contributed by atoms with van der Waals surface area (Å²) in [6.45, 7) is 17.4. The Morgan fingerprint density at radius 1 is 0.500 bits per heavy atom. The number of hydrogen-bond donors (Lipinski definition) is 2. The summed E-state index contributed by atoms with van der Waals surface area (Å²) < 4.78 is 0. The zero-order valence-electron chi connectivity index (χ0n) is 20.8. The van der Waals surface area contributed by atoms with Gasteiger partial charge in [-0.1, -0.05) is 104 Å². The minimum absolute atomic E-state index is 0.177. The topological polar surface area (TPSA) is 40.5 Å². The minimum atomic E-state index is -0.177. The molecule has 0 amide bonds. The molecule has 0 bridgehead atoms. The fourth-order valence-corrected chi connectivity index (χ4v) is 4.45. The summed E-state index contributed by atoms with van der Waals surface area (Å²) in [5.41, 5.74) is 6.50. The molecule has 2 heteroatoms. The van der Waals surface area contributed by atoms with E-state index < -0.39 is 0 Å². The van der Waals surface area contributed by atoms with Crippen molar-refractivity contribution in [3.63, 3.8) is 0 Å². The van der Waals surface area contributed by atoms with Gasteiger partial charge in [0.2, 0.25) is 0 Å². The van der Waals surface area contributed by atoms with E-state index >= 15 is 0 Å². The third-order valence-corrected chi connectivity index (χ3v) is 7.07. The summed E-state index contributed by atoms with van der Waals surface area (Å²) in [6.07, 6.45) is 0. The van der Waals surface area contributed by atoms with Crippen molar-refractivity contribution < 1.29 is 10.2 Å². The molecule has 0 aromatic heterocycles. The number of phenols is 2. The van der Waals surface area contributed by atoms with Crippen LogP contribution in [-0.4, -0.2) is 10.2 Å². The van der Waals surface area contributed by atoms with Crippen LogP contribution in [0, 0.1) is 0 Å². The van der Waals surface area contributed by atoms with Crippen molar-refractivity contribution in [3.05, 3.63) is 94.0 Å². The van der Waals surface area contributed by atoms with E-state index in [4.69, 9.17) is 0 Å². The van der Waals surface area contributed by atoms with Crippen molar-refractivity contribution in [3.8, 4) is 11.5 Å². The third-order valence-electron chi connectivity index (χ3n) is 7.07. The van der Waals surface area contributed by atoms with Gasteiger partial charge in [0.1, 0.15) is 11.5 Å². The molecule has 0 aliphatic carbocycles. The van der Waals surface area contributed by atoms with Crippen molar-refractivity contribution in [2.45, 2.75) is 78.1 Å². The summed E-state index contributed by atoms with van der Waals surface area (Å²) in [5.74, 6) is 1.28. The van der Waals surface area contributed by atoms with E-state index in [2.05, 4.69) is 91.8 Å². The second kappa shape index (κ2) is 8.65. The summed E-state index contributed by atoms with van der Waals surface area (Å²) in [7, 11) is 0. The Morgan fingerprint density at radius 2 is 0.781 bits per heavy atom. The lowest BCUT2D eigenvalue weighted by Gasteiger charge is -2.30. The normalized spacial score (nSPS) is 12.6. The van der Waals surface area contributed by atoms with E-state index in [1.165, 1.54) is 22.3 Å². The molecule has 0 unspecified atom stereocenters. The van der Waals surface area contributed by atoms with Gasteiger partial charge in [-0.25, -0.2) is 0 Å². The molecule has 0 fully saturated rings. The van der Waals surface area contributed by atoms with Gasteiger partial charge in [-0.2, -0.15) is 0 Å². The molecule has 0 saturated heterocycles. The molecule has 2 N–H and O–H groups in total. The van der Waals surface area contributed by atoms with Gasteiger partial charge in [-0.15, -0.1) is 0 Å². The molecule has 0 radical (unpaired) electrons. The van der Waals surface area contributed by atoms with E-state index in [0.29, 0.717) is 11.5 Å². The van der Waals surface area contributed by atoms with E-state index in [0.717, 1.165) is 11.1 Å².